The van der Waals surface area contributed by atoms with E-state index in [1.165, 1.54) is 49.4 Å². The predicted octanol–water partition coefficient (Wildman–Crippen LogP) is 3.81. The second kappa shape index (κ2) is 9.21. The smallest absolute Gasteiger partial charge is 0.233 e. The van der Waals surface area contributed by atoms with Gasteiger partial charge in [0.25, 0.3) is 0 Å². The van der Waals surface area contributed by atoms with Gasteiger partial charge in [-0.25, -0.2) is 0 Å². The van der Waals surface area contributed by atoms with Crippen molar-refractivity contribution in [2.45, 2.75) is 62.9 Å². The Balaban J connectivity index is 1.56. The second-order valence-corrected chi connectivity index (χ2v) is 8.42. The van der Waals surface area contributed by atoms with Crippen molar-refractivity contribution in [3.63, 3.8) is 0 Å². The maximum Gasteiger partial charge on any atom is 0.233 e. The molecule has 1 aromatic carbocycles. The van der Waals surface area contributed by atoms with Gasteiger partial charge < -0.3 is 9.88 Å². The van der Waals surface area contributed by atoms with Gasteiger partial charge in [0.2, 0.25) is 5.91 Å². The van der Waals surface area contributed by atoms with Gasteiger partial charge in [-0.15, -0.1) is 10.2 Å². The molecule has 0 radical (unpaired) electrons. The van der Waals surface area contributed by atoms with Gasteiger partial charge in [-0.05, 0) is 38.2 Å². The molecule has 140 valence electrons. The number of carbonyl (C=O) groups is 1. The molecule has 1 aromatic heterocycles. The molecule has 1 fully saturated rings. The Morgan fingerprint density at radius 1 is 1.23 bits per heavy atom. The van der Waals surface area contributed by atoms with E-state index in [0.717, 1.165) is 24.1 Å². The Morgan fingerprint density at radius 3 is 2.69 bits per heavy atom. The minimum atomic E-state index is -0.184. The highest BCUT2D eigenvalue weighted by Crippen LogP contribution is 2.25. The first-order valence-electron chi connectivity index (χ1n) is 9.51. The molecule has 1 unspecified atom stereocenters. The van der Waals surface area contributed by atoms with Crippen LogP contribution in [0.1, 0.15) is 50.4 Å². The average Bonchev–Trinajstić information content (AvgIpc) is 3.01. The fourth-order valence-electron chi connectivity index (χ4n) is 3.39. The minimum absolute atomic E-state index is 0.0903. The summed E-state index contributed by atoms with van der Waals surface area (Å²) in [5.74, 6) is 1.60. The van der Waals surface area contributed by atoms with Crippen LogP contribution >= 0.6 is 11.8 Å². The zero-order valence-electron chi connectivity index (χ0n) is 15.6. The van der Waals surface area contributed by atoms with Gasteiger partial charge >= 0.3 is 0 Å². The number of thioether (sulfide) groups is 1. The van der Waals surface area contributed by atoms with Gasteiger partial charge in [0, 0.05) is 6.54 Å². The number of nitrogens with zero attached hydrogens (tertiary/aromatic N) is 3. The summed E-state index contributed by atoms with van der Waals surface area (Å²) in [7, 11) is 0. The van der Waals surface area contributed by atoms with Gasteiger partial charge in [-0.3, -0.25) is 4.79 Å². The lowest BCUT2D eigenvalue weighted by Gasteiger charge is -2.22. The van der Waals surface area contributed by atoms with Gasteiger partial charge in [0.15, 0.2) is 5.16 Å². The highest BCUT2D eigenvalue weighted by atomic mass is 32.2. The number of nitrogens with one attached hydrogen (secondary N) is 1. The molecule has 0 saturated heterocycles. The van der Waals surface area contributed by atoms with Crippen molar-refractivity contribution in [2.75, 3.05) is 6.54 Å². The fraction of sp³-hybridized carbons (Fsp3) is 0.550. The van der Waals surface area contributed by atoms with Crippen molar-refractivity contribution in [1.29, 1.82) is 0 Å². The SMILES string of the molecule is Cc1nnc(SC(C)C(=O)NCC2CCCCC2)n1Cc1ccccc1. The number of hydrogen-bond acceptors (Lipinski definition) is 4. The van der Waals surface area contributed by atoms with Crippen LogP contribution in [0.2, 0.25) is 0 Å². The van der Waals surface area contributed by atoms with E-state index in [9.17, 15) is 4.79 Å². The molecular weight excluding hydrogens is 344 g/mol. The minimum Gasteiger partial charge on any atom is -0.355 e. The molecule has 26 heavy (non-hydrogen) atoms. The molecule has 1 heterocycles. The zero-order chi connectivity index (χ0) is 18.4. The molecule has 1 amide bonds. The Labute approximate surface area is 160 Å². The maximum atomic E-state index is 12.5. The number of aromatic nitrogens is 3. The number of hydrogen-bond donors (Lipinski definition) is 1. The Hall–Kier alpha value is -1.82. The molecule has 1 N–H and O–H groups in total. The van der Waals surface area contributed by atoms with E-state index in [-0.39, 0.29) is 11.2 Å². The number of carbonyl (C=O) groups excluding carboxylic acids is 1. The second-order valence-electron chi connectivity index (χ2n) is 7.11. The molecule has 1 atom stereocenters. The lowest BCUT2D eigenvalue weighted by molar-refractivity contribution is -0.120. The molecule has 0 bridgehead atoms. The van der Waals surface area contributed by atoms with Crippen LogP contribution in [0.25, 0.3) is 0 Å². The van der Waals surface area contributed by atoms with Gasteiger partial charge in [0.1, 0.15) is 5.82 Å². The van der Waals surface area contributed by atoms with Gasteiger partial charge in [0.05, 0.1) is 11.8 Å². The number of benzene rings is 1. The van der Waals surface area contributed by atoms with E-state index in [1.807, 2.05) is 32.0 Å². The van der Waals surface area contributed by atoms with E-state index in [1.54, 1.807) is 0 Å². The van der Waals surface area contributed by atoms with Crippen LogP contribution in [0.3, 0.4) is 0 Å². The number of rotatable bonds is 7. The first-order valence-corrected chi connectivity index (χ1v) is 10.4. The Morgan fingerprint density at radius 2 is 1.96 bits per heavy atom. The van der Waals surface area contributed by atoms with E-state index >= 15 is 0 Å². The third-order valence-corrected chi connectivity index (χ3v) is 6.11. The van der Waals surface area contributed by atoms with Crippen LogP contribution in [0.5, 0.6) is 0 Å². The summed E-state index contributed by atoms with van der Waals surface area (Å²) in [5.41, 5.74) is 1.20. The molecule has 0 aliphatic heterocycles. The third-order valence-electron chi connectivity index (χ3n) is 5.03. The average molecular weight is 373 g/mol. The largest absolute Gasteiger partial charge is 0.355 e. The van der Waals surface area contributed by atoms with Crippen LogP contribution in [0.4, 0.5) is 0 Å². The van der Waals surface area contributed by atoms with Crippen molar-refractivity contribution in [2.24, 2.45) is 5.92 Å². The highest BCUT2D eigenvalue weighted by molar-refractivity contribution is 8.00. The molecule has 0 spiro atoms. The van der Waals surface area contributed by atoms with Crippen molar-refractivity contribution in [1.82, 2.24) is 20.1 Å². The number of amides is 1. The summed E-state index contributed by atoms with van der Waals surface area (Å²) in [6, 6.07) is 10.3. The summed E-state index contributed by atoms with van der Waals surface area (Å²) in [6.45, 7) is 5.42. The number of aryl methyl sites for hydroxylation is 1. The summed E-state index contributed by atoms with van der Waals surface area (Å²) in [4.78, 5) is 12.5. The Kier molecular flexibility index (Phi) is 6.72. The topological polar surface area (TPSA) is 59.8 Å². The van der Waals surface area contributed by atoms with Crippen LogP contribution in [0.15, 0.2) is 35.5 Å². The summed E-state index contributed by atoms with van der Waals surface area (Å²) < 4.78 is 2.07. The standard InChI is InChI=1S/C20H28N4OS/c1-15(19(25)21-13-17-9-5-3-6-10-17)26-20-23-22-16(2)24(20)14-18-11-7-4-8-12-18/h4,7-8,11-12,15,17H,3,5-6,9-10,13-14H2,1-2H3,(H,21,25). The molecule has 2 aromatic rings. The molecule has 1 aliphatic rings. The molecule has 3 rings (SSSR count). The summed E-state index contributed by atoms with van der Waals surface area (Å²) >= 11 is 1.48. The van der Waals surface area contributed by atoms with E-state index in [0.29, 0.717) is 5.92 Å². The highest BCUT2D eigenvalue weighted by Gasteiger charge is 2.21. The van der Waals surface area contributed by atoms with Crippen molar-refractivity contribution >= 4 is 17.7 Å². The van der Waals surface area contributed by atoms with E-state index < -0.39 is 0 Å². The molecular formula is C20H28N4OS. The van der Waals surface area contributed by atoms with Gasteiger partial charge in [-0.2, -0.15) is 0 Å². The fourth-order valence-corrected chi connectivity index (χ4v) is 4.31. The molecule has 5 nitrogen and oxygen atoms in total. The molecule has 1 saturated carbocycles. The van der Waals surface area contributed by atoms with E-state index in [4.69, 9.17) is 0 Å². The van der Waals surface area contributed by atoms with Crippen molar-refractivity contribution in [3.05, 3.63) is 41.7 Å². The first kappa shape index (κ1) is 19.0. The van der Waals surface area contributed by atoms with Crippen LogP contribution < -0.4 is 5.32 Å². The third kappa shape index (κ3) is 5.10. The first-order chi connectivity index (χ1) is 12.6. The van der Waals surface area contributed by atoms with Gasteiger partial charge in [-0.1, -0.05) is 61.4 Å². The van der Waals surface area contributed by atoms with Crippen LogP contribution in [-0.2, 0) is 11.3 Å². The van der Waals surface area contributed by atoms with Crippen LogP contribution in [-0.4, -0.2) is 32.5 Å². The quantitative estimate of drug-likeness (QED) is 0.751. The molecule has 6 heteroatoms. The van der Waals surface area contributed by atoms with Crippen molar-refractivity contribution < 1.29 is 4.79 Å². The normalized spacial score (nSPS) is 16.4. The van der Waals surface area contributed by atoms with Crippen molar-refractivity contribution in [3.8, 4) is 0 Å². The summed E-state index contributed by atoms with van der Waals surface area (Å²) in [5, 5.41) is 12.2. The van der Waals surface area contributed by atoms with Crippen LogP contribution in [0, 0.1) is 12.8 Å². The summed E-state index contributed by atoms with van der Waals surface area (Å²) in [6.07, 6.45) is 6.42. The predicted molar refractivity (Wildman–Crippen MR) is 105 cm³/mol. The maximum absolute atomic E-state index is 12.5. The lowest BCUT2D eigenvalue weighted by atomic mass is 9.89. The van der Waals surface area contributed by atoms with E-state index in [2.05, 4.69) is 32.2 Å². The molecule has 1 aliphatic carbocycles. The Bertz CT molecular complexity index is 710. The lowest BCUT2D eigenvalue weighted by Crippen LogP contribution is -2.35. The monoisotopic (exact) mass is 372 g/mol. The zero-order valence-corrected chi connectivity index (χ0v) is 16.5.